The summed E-state index contributed by atoms with van der Waals surface area (Å²) in [7, 11) is 0. The zero-order valence-electron chi connectivity index (χ0n) is 18.0. The van der Waals surface area contributed by atoms with Gasteiger partial charge < -0.3 is 14.7 Å². The van der Waals surface area contributed by atoms with Gasteiger partial charge in [-0.1, -0.05) is 54.6 Å². The predicted molar refractivity (Wildman–Crippen MR) is 128 cm³/mol. The number of hydrogen-bond acceptors (Lipinski definition) is 2. The van der Waals surface area contributed by atoms with Gasteiger partial charge in [0.1, 0.15) is 11.9 Å². The molecule has 2 aromatic heterocycles. The van der Waals surface area contributed by atoms with Gasteiger partial charge in [-0.15, -0.1) is 0 Å². The fourth-order valence-corrected chi connectivity index (χ4v) is 4.41. The van der Waals surface area contributed by atoms with Gasteiger partial charge in [-0.05, 0) is 29.3 Å². The van der Waals surface area contributed by atoms with Gasteiger partial charge in [0.2, 0.25) is 0 Å². The van der Waals surface area contributed by atoms with Crippen LogP contribution in [-0.2, 0) is 24.3 Å². The van der Waals surface area contributed by atoms with E-state index in [1.165, 1.54) is 6.07 Å². The van der Waals surface area contributed by atoms with Gasteiger partial charge in [0.05, 0.1) is 6.54 Å². The van der Waals surface area contributed by atoms with Crippen molar-refractivity contribution in [3.8, 4) is 0 Å². The number of para-hydroxylation sites is 2. The molecule has 2 heterocycles. The second-order valence-corrected chi connectivity index (χ2v) is 8.23. The molecule has 0 radical (unpaired) electrons. The molecule has 0 unspecified atom stereocenters. The third-order valence-electron chi connectivity index (χ3n) is 6.11. The number of benzene rings is 3. The molecule has 0 aliphatic rings. The van der Waals surface area contributed by atoms with Crippen LogP contribution in [0.1, 0.15) is 16.7 Å². The first-order valence-corrected chi connectivity index (χ1v) is 10.9. The molecule has 0 aliphatic heterocycles. The van der Waals surface area contributed by atoms with E-state index >= 15 is 0 Å². The number of nitrogens with one attached hydrogen (secondary N) is 2. The number of fused-ring (bicyclic) bond motifs is 2. The number of halogens is 1. The van der Waals surface area contributed by atoms with Gasteiger partial charge in [0.25, 0.3) is 0 Å². The Kier molecular flexibility index (Phi) is 5.67. The lowest BCUT2D eigenvalue weighted by atomic mass is 10.0. The average molecular weight is 442 g/mol. The van der Waals surface area contributed by atoms with Crippen molar-refractivity contribution >= 4 is 27.8 Å². The first-order valence-electron chi connectivity index (χ1n) is 10.9. The summed E-state index contributed by atoms with van der Waals surface area (Å²) in [6, 6.07) is 21.8. The van der Waals surface area contributed by atoms with Gasteiger partial charge in [-0.3, -0.25) is 10.1 Å². The highest BCUT2D eigenvalue weighted by molar-refractivity contribution is 5.85. The maximum Gasteiger partial charge on any atom is 0.321 e. The van der Waals surface area contributed by atoms with E-state index in [2.05, 4.69) is 10.3 Å². The first-order chi connectivity index (χ1) is 16.1. The van der Waals surface area contributed by atoms with Crippen molar-refractivity contribution in [2.24, 2.45) is 0 Å². The fraction of sp³-hybridized carbons (Fsp3) is 0.148. The molecule has 3 aromatic carbocycles. The molecule has 0 spiro atoms. The lowest BCUT2D eigenvalue weighted by molar-refractivity contribution is -0.139. The summed E-state index contributed by atoms with van der Waals surface area (Å²) < 4.78 is 16.2. The highest BCUT2D eigenvalue weighted by atomic mass is 19.1. The quantitative estimate of drug-likeness (QED) is 0.314. The van der Waals surface area contributed by atoms with Crippen molar-refractivity contribution in [2.45, 2.75) is 25.6 Å². The Morgan fingerprint density at radius 2 is 1.67 bits per heavy atom. The van der Waals surface area contributed by atoms with E-state index in [4.69, 9.17) is 0 Å². The number of carboxylic acid groups (broad SMARTS) is 1. The summed E-state index contributed by atoms with van der Waals surface area (Å²) in [5.41, 5.74) is 4.54. The third kappa shape index (κ3) is 4.25. The van der Waals surface area contributed by atoms with Gasteiger partial charge in [-0.2, -0.15) is 0 Å². The van der Waals surface area contributed by atoms with Crippen LogP contribution in [0.4, 0.5) is 4.39 Å². The number of rotatable bonds is 8. The molecule has 0 aliphatic carbocycles. The van der Waals surface area contributed by atoms with Crippen LogP contribution in [0.5, 0.6) is 0 Å². The van der Waals surface area contributed by atoms with Crippen LogP contribution in [0.15, 0.2) is 85.2 Å². The van der Waals surface area contributed by atoms with E-state index in [-0.39, 0.29) is 5.82 Å². The van der Waals surface area contributed by atoms with Crippen molar-refractivity contribution in [1.82, 2.24) is 14.9 Å². The van der Waals surface area contributed by atoms with Crippen LogP contribution in [0.25, 0.3) is 21.8 Å². The molecule has 0 amide bonds. The van der Waals surface area contributed by atoms with Gasteiger partial charge in [0, 0.05) is 52.7 Å². The second kappa shape index (κ2) is 8.92. The van der Waals surface area contributed by atoms with E-state index in [9.17, 15) is 14.3 Å². The molecule has 0 saturated heterocycles. The number of carbonyl (C=O) groups is 1. The molecule has 0 bridgehead atoms. The van der Waals surface area contributed by atoms with Crippen LogP contribution >= 0.6 is 0 Å². The summed E-state index contributed by atoms with van der Waals surface area (Å²) >= 11 is 0. The van der Waals surface area contributed by atoms with Crippen LogP contribution in [0, 0.1) is 5.82 Å². The number of aliphatic carboxylic acids is 1. The van der Waals surface area contributed by atoms with Gasteiger partial charge >= 0.3 is 5.97 Å². The summed E-state index contributed by atoms with van der Waals surface area (Å²) in [4.78, 5) is 15.2. The summed E-state index contributed by atoms with van der Waals surface area (Å²) in [5.74, 6) is -1.13. The minimum atomic E-state index is -0.893. The van der Waals surface area contributed by atoms with Crippen molar-refractivity contribution in [3.63, 3.8) is 0 Å². The van der Waals surface area contributed by atoms with Crippen molar-refractivity contribution in [1.29, 1.82) is 0 Å². The standard InChI is InChI=1S/C27H24FN3O2/c28-23-10-4-1-7-18(23)16-31-17-20(22-9-3-6-12-26(22)31)15-30-25(27(32)33)13-19-14-29-24-11-5-2-8-21(19)24/h1-12,14,17,25,29-30H,13,15-16H2,(H,32,33)/t25-/m0/s1. The van der Waals surface area contributed by atoms with E-state index in [1.807, 2.05) is 71.6 Å². The summed E-state index contributed by atoms with van der Waals surface area (Å²) in [6.07, 6.45) is 4.23. The fourth-order valence-electron chi connectivity index (χ4n) is 4.41. The maximum absolute atomic E-state index is 14.2. The molecule has 33 heavy (non-hydrogen) atoms. The van der Waals surface area contributed by atoms with Crippen molar-refractivity contribution in [3.05, 3.63) is 108 Å². The largest absolute Gasteiger partial charge is 0.480 e. The zero-order chi connectivity index (χ0) is 22.8. The molecular formula is C27H24FN3O2. The van der Waals surface area contributed by atoms with Crippen molar-refractivity contribution in [2.75, 3.05) is 0 Å². The van der Waals surface area contributed by atoms with Crippen molar-refractivity contribution < 1.29 is 14.3 Å². The molecule has 0 fully saturated rings. The normalized spacial score (nSPS) is 12.4. The molecule has 3 N–H and O–H groups in total. The van der Waals surface area contributed by atoms with Gasteiger partial charge in [0.15, 0.2) is 0 Å². The topological polar surface area (TPSA) is 70.0 Å². The van der Waals surface area contributed by atoms with E-state index in [0.29, 0.717) is 25.1 Å². The first kappa shape index (κ1) is 21.0. The monoisotopic (exact) mass is 441 g/mol. The van der Waals surface area contributed by atoms with E-state index < -0.39 is 12.0 Å². The smallest absolute Gasteiger partial charge is 0.321 e. The number of aromatic amines is 1. The number of nitrogens with zero attached hydrogens (tertiary/aromatic N) is 1. The molecule has 1 atom stereocenters. The van der Waals surface area contributed by atoms with Crippen LogP contribution in [0.3, 0.4) is 0 Å². The SMILES string of the molecule is O=C(O)[C@H](Cc1c[nH]c2ccccc12)NCc1cn(Cc2ccccc2F)c2ccccc12. The Morgan fingerprint density at radius 1 is 0.939 bits per heavy atom. The van der Waals surface area contributed by atoms with Gasteiger partial charge in [-0.25, -0.2) is 4.39 Å². The highest BCUT2D eigenvalue weighted by Crippen LogP contribution is 2.24. The minimum Gasteiger partial charge on any atom is -0.480 e. The Balaban J connectivity index is 1.39. The molecule has 166 valence electrons. The molecular weight excluding hydrogens is 417 g/mol. The molecule has 5 rings (SSSR count). The lowest BCUT2D eigenvalue weighted by Crippen LogP contribution is -2.38. The maximum atomic E-state index is 14.2. The second-order valence-electron chi connectivity index (χ2n) is 8.23. The lowest BCUT2D eigenvalue weighted by Gasteiger charge is -2.14. The Hall–Kier alpha value is -3.90. The Bertz CT molecular complexity index is 1440. The molecule has 0 saturated carbocycles. The zero-order valence-corrected chi connectivity index (χ0v) is 18.0. The highest BCUT2D eigenvalue weighted by Gasteiger charge is 2.20. The number of H-pyrrole nitrogens is 1. The number of carboxylic acids is 1. The number of aromatic nitrogens is 2. The molecule has 5 nitrogen and oxygen atoms in total. The summed E-state index contributed by atoms with van der Waals surface area (Å²) in [5, 5.41) is 15.1. The Morgan fingerprint density at radius 3 is 2.48 bits per heavy atom. The number of hydrogen-bond donors (Lipinski definition) is 3. The van der Waals surface area contributed by atoms with Crippen LogP contribution in [-0.4, -0.2) is 26.7 Å². The molecule has 6 heteroatoms. The van der Waals surface area contributed by atoms with Crippen LogP contribution < -0.4 is 5.32 Å². The molecule has 5 aromatic rings. The minimum absolute atomic E-state index is 0.236. The average Bonchev–Trinajstić information content (AvgIpc) is 3.39. The predicted octanol–water partition coefficient (Wildman–Crippen LogP) is 5.10. The van der Waals surface area contributed by atoms with E-state index in [1.54, 1.807) is 12.1 Å². The van der Waals surface area contributed by atoms with E-state index in [0.717, 1.165) is 32.9 Å². The third-order valence-corrected chi connectivity index (χ3v) is 6.11. The Labute approximate surface area is 190 Å². The van der Waals surface area contributed by atoms with Crippen LogP contribution in [0.2, 0.25) is 0 Å². The summed E-state index contributed by atoms with van der Waals surface area (Å²) in [6.45, 7) is 0.801.